The number of carbonyl (C=O) groups excluding carboxylic acids is 1. The summed E-state index contributed by atoms with van der Waals surface area (Å²) in [6.45, 7) is 0.199. The molecule has 4 nitrogen and oxygen atoms in total. The molecule has 0 fully saturated rings. The first kappa shape index (κ1) is 13.8. The van der Waals surface area contributed by atoms with Crippen molar-refractivity contribution in [2.75, 3.05) is 5.32 Å². The predicted octanol–water partition coefficient (Wildman–Crippen LogP) is 2.64. The van der Waals surface area contributed by atoms with Gasteiger partial charge in [0.1, 0.15) is 6.07 Å². The molecule has 0 spiro atoms. The number of nitriles is 1. The van der Waals surface area contributed by atoms with E-state index in [1.807, 2.05) is 47.3 Å². The van der Waals surface area contributed by atoms with Crippen molar-refractivity contribution in [1.82, 2.24) is 0 Å². The average molecular weight is 288 g/mol. The first-order chi connectivity index (χ1) is 10.8. The summed E-state index contributed by atoms with van der Waals surface area (Å²) in [5.41, 5.74) is 0.996. The lowest BCUT2D eigenvalue weighted by Crippen LogP contribution is -2.39. The summed E-state index contributed by atoms with van der Waals surface area (Å²) < 4.78 is 1.83. The van der Waals surface area contributed by atoms with E-state index in [2.05, 4.69) is 11.4 Å². The van der Waals surface area contributed by atoms with E-state index in [-0.39, 0.29) is 12.5 Å². The molecule has 0 saturated heterocycles. The lowest BCUT2D eigenvalue weighted by molar-refractivity contribution is -0.682. The van der Waals surface area contributed by atoms with Crippen molar-refractivity contribution in [1.29, 1.82) is 5.26 Å². The standard InChI is InChI=1S/C18H13N3O/c19-11-15-6-3-4-8-17(15)20-18(22)13-21-10-9-14-5-1-2-7-16(14)12-21/h1-10,12H,13H2/p+1. The summed E-state index contributed by atoms with van der Waals surface area (Å²) >= 11 is 0. The molecule has 3 rings (SSSR count). The molecule has 0 saturated carbocycles. The minimum Gasteiger partial charge on any atom is -0.319 e. The Hall–Kier alpha value is -3.19. The van der Waals surface area contributed by atoms with E-state index >= 15 is 0 Å². The van der Waals surface area contributed by atoms with Crippen LogP contribution < -0.4 is 9.88 Å². The number of rotatable bonds is 3. The summed E-state index contributed by atoms with van der Waals surface area (Å²) in [5.74, 6) is -0.164. The molecule has 0 unspecified atom stereocenters. The van der Waals surface area contributed by atoms with Gasteiger partial charge in [-0.2, -0.15) is 9.83 Å². The maximum atomic E-state index is 12.1. The first-order valence-corrected chi connectivity index (χ1v) is 6.93. The number of hydrogen-bond acceptors (Lipinski definition) is 2. The number of carbonyl (C=O) groups is 1. The molecule has 106 valence electrons. The Bertz CT molecular complexity index is 881. The summed E-state index contributed by atoms with van der Waals surface area (Å²) in [6.07, 6.45) is 3.81. The number of anilines is 1. The number of amides is 1. The summed E-state index contributed by atoms with van der Waals surface area (Å²) in [6, 6.07) is 19.0. The molecule has 1 N–H and O–H groups in total. The van der Waals surface area contributed by atoms with Crippen LogP contribution in [0.3, 0.4) is 0 Å². The number of nitrogens with one attached hydrogen (secondary N) is 1. The highest BCUT2D eigenvalue weighted by Crippen LogP contribution is 2.13. The zero-order valence-electron chi connectivity index (χ0n) is 11.9. The number of benzene rings is 2. The van der Waals surface area contributed by atoms with Crippen LogP contribution in [0.25, 0.3) is 10.8 Å². The average Bonchev–Trinajstić information content (AvgIpc) is 2.55. The molecule has 2 aromatic carbocycles. The Kier molecular flexibility index (Phi) is 3.80. The zero-order chi connectivity index (χ0) is 15.4. The van der Waals surface area contributed by atoms with Gasteiger partial charge in [-0.05, 0) is 23.6 Å². The molecule has 0 bridgehead atoms. The van der Waals surface area contributed by atoms with E-state index in [0.29, 0.717) is 11.3 Å². The second kappa shape index (κ2) is 6.06. The van der Waals surface area contributed by atoms with Crippen LogP contribution in [-0.2, 0) is 11.3 Å². The van der Waals surface area contributed by atoms with Gasteiger partial charge in [0.05, 0.1) is 11.3 Å². The zero-order valence-corrected chi connectivity index (χ0v) is 11.9. The van der Waals surface area contributed by atoms with Gasteiger partial charge in [0.2, 0.25) is 6.54 Å². The SMILES string of the molecule is N#Cc1ccccc1NC(=O)C[n+]1ccc2ccccc2c1. The Labute approximate surface area is 128 Å². The van der Waals surface area contributed by atoms with Crippen molar-refractivity contribution in [2.24, 2.45) is 0 Å². The lowest BCUT2D eigenvalue weighted by atomic mass is 10.2. The van der Waals surface area contributed by atoms with Crippen LogP contribution in [-0.4, -0.2) is 5.91 Å². The lowest BCUT2D eigenvalue weighted by Gasteiger charge is -2.05. The van der Waals surface area contributed by atoms with Crippen molar-refractivity contribution in [3.05, 3.63) is 72.6 Å². The minimum atomic E-state index is -0.164. The molecule has 0 radical (unpaired) electrons. The smallest absolute Gasteiger partial charge is 0.290 e. The largest absolute Gasteiger partial charge is 0.319 e. The molecule has 22 heavy (non-hydrogen) atoms. The number of nitrogens with zero attached hydrogens (tertiary/aromatic N) is 2. The number of aromatic nitrogens is 1. The molecule has 1 amide bonds. The maximum Gasteiger partial charge on any atom is 0.290 e. The van der Waals surface area contributed by atoms with E-state index in [0.717, 1.165) is 10.8 Å². The molecule has 4 heteroatoms. The van der Waals surface area contributed by atoms with E-state index in [1.165, 1.54) is 0 Å². The summed E-state index contributed by atoms with van der Waals surface area (Å²) in [4.78, 5) is 12.1. The van der Waals surface area contributed by atoms with Crippen LogP contribution in [0.15, 0.2) is 67.0 Å². The van der Waals surface area contributed by atoms with Crippen LogP contribution in [0, 0.1) is 11.3 Å². The number of fused-ring (bicyclic) bond motifs is 1. The molecule has 1 aromatic heterocycles. The second-order valence-corrected chi connectivity index (χ2v) is 4.95. The first-order valence-electron chi connectivity index (χ1n) is 6.93. The number of para-hydroxylation sites is 1. The Balaban J connectivity index is 1.77. The third kappa shape index (κ3) is 2.94. The van der Waals surface area contributed by atoms with Crippen LogP contribution in [0.4, 0.5) is 5.69 Å². The molecule has 3 aromatic rings. The molecule has 0 aliphatic heterocycles. The van der Waals surface area contributed by atoms with Gasteiger partial charge < -0.3 is 5.32 Å². The third-order valence-corrected chi connectivity index (χ3v) is 3.39. The maximum absolute atomic E-state index is 12.1. The van der Waals surface area contributed by atoms with Gasteiger partial charge in [-0.1, -0.05) is 30.3 Å². The molecule has 1 heterocycles. The third-order valence-electron chi connectivity index (χ3n) is 3.39. The summed E-state index contributed by atoms with van der Waals surface area (Å²) in [5, 5.41) is 14.0. The van der Waals surface area contributed by atoms with Gasteiger partial charge in [0, 0.05) is 11.5 Å². The second-order valence-electron chi connectivity index (χ2n) is 4.95. The van der Waals surface area contributed by atoms with E-state index in [9.17, 15) is 4.79 Å². The molecule has 0 atom stereocenters. The highest BCUT2D eigenvalue weighted by atomic mass is 16.1. The fourth-order valence-corrected chi connectivity index (χ4v) is 2.32. The minimum absolute atomic E-state index is 0.164. The molecule has 0 aliphatic carbocycles. The van der Waals surface area contributed by atoms with Crippen molar-refractivity contribution in [3.63, 3.8) is 0 Å². The predicted molar refractivity (Wildman–Crippen MR) is 83.9 cm³/mol. The van der Waals surface area contributed by atoms with Gasteiger partial charge in [0.25, 0.3) is 5.91 Å². The van der Waals surface area contributed by atoms with Crippen molar-refractivity contribution < 1.29 is 9.36 Å². The summed E-state index contributed by atoms with van der Waals surface area (Å²) in [7, 11) is 0. The van der Waals surface area contributed by atoms with Crippen molar-refractivity contribution in [2.45, 2.75) is 6.54 Å². The number of pyridine rings is 1. The Morgan fingerprint density at radius 1 is 1.05 bits per heavy atom. The molecular weight excluding hydrogens is 274 g/mol. The van der Waals surface area contributed by atoms with Gasteiger partial charge in [-0.15, -0.1) is 0 Å². The normalized spacial score (nSPS) is 10.1. The van der Waals surface area contributed by atoms with E-state index in [1.54, 1.807) is 24.3 Å². The van der Waals surface area contributed by atoms with Gasteiger partial charge >= 0.3 is 0 Å². The van der Waals surface area contributed by atoms with Crippen molar-refractivity contribution in [3.8, 4) is 6.07 Å². The Morgan fingerprint density at radius 2 is 1.77 bits per heavy atom. The van der Waals surface area contributed by atoms with Crippen LogP contribution in [0.5, 0.6) is 0 Å². The number of hydrogen-bond donors (Lipinski definition) is 1. The molecular formula is C18H14N3O+. The highest BCUT2D eigenvalue weighted by molar-refractivity contribution is 5.91. The fraction of sp³-hybridized carbons (Fsp3) is 0.0556. The van der Waals surface area contributed by atoms with Gasteiger partial charge in [-0.25, -0.2) is 0 Å². The topological polar surface area (TPSA) is 56.8 Å². The van der Waals surface area contributed by atoms with E-state index in [4.69, 9.17) is 5.26 Å². The fourth-order valence-electron chi connectivity index (χ4n) is 2.32. The van der Waals surface area contributed by atoms with Crippen LogP contribution in [0.1, 0.15) is 5.56 Å². The van der Waals surface area contributed by atoms with Crippen LogP contribution in [0.2, 0.25) is 0 Å². The van der Waals surface area contributed by atoms with Crippen LogP contribution >= 0.6 is 0 Å². The quantitative estimate of drug-likeness (QED) is 0.753. The van der Waals surface area contributed by atoms with E-state index < -0.39 is 0 Å². The van der Waals surface area contributed by atoms with Gasteiger partial charge in [0.15, 0.2) is 12.4 Å². The molecule has 0 aliphatic rings. The van der Waals surface area contributed by atoms with Crippen molar-refractivity contribution >= 4 is 22.4 Å². The highest BCUT2D eigenvalue weighted by Gasteiger charge is 2.12. The monoisotopic (exact) mass is 288 g/mol. The van der Waals surface area contributed by atoms with Gasteiger partial charge in [-0.3, -0.25) is 4.79 Å². The Morgan fingerprint density at radius 3 is 2.59 bits per heavy atom.